The molecule has 1 saturated heterocycles. The van der Waals surface area contributed by atoms with E-state index in [4.69, 9.17) is 11.6 Å². The molecule has 2 bridgehead atoms. The SMILES string of the molecule is O=C1[C@@H]2C[C@@]3(CCc4cc(Br)ccc4N13)C[C@@H]2Cl. The maximum atomic E-state index is 12.5. The summed E-state index contributed by atoms with van der Waals surface area (Å²) < 4.78 is 1.09. The smallest absolute Gasteiger partial charge is 0.232 e. The number of alkyl halides is 1. The van der Waals surface area contributed by atoms with Crippen molar-refractivity contribution in [3.63, 3.8) is 0 Å². The topological polar surface area (TPSA) is 20.3 Å². The van der Waals surface area contributed by atoms with Gasteiger partial charge in [-0.05, 0) is 49.4 Å². The molecule has 1 aromatic rings. The average Bonchev–Trinajstić information content (AvgIpc) is 2.80. The monoisotopic (exact) mass is 325 g/mol. The van der Waals surface area contributed by atoms with Gasteiger partial charge in [-0.25, -0.2) is 0 Å². The Hall–Kier alpha value is -0.540. The van der Waals surface area contributed by atoms with Crippen LogP contribution < -0.4 is 4.90 Å². The lowest BCUT2D eigenvalue weighted by molar-refractivity contribution is -0.121. The number of piperidine rings is 1. The number of anilines is 1. The zero-order valence-electron chi connectivity index (χ0n) is 9.83. The predicted molar refractivity (Wildman–Crippen MR) is 75.0 cm³/mol. The number of halogens is 2. The molecule has 1 saturated carbocycles. The van der Waals surface area contributed by atoms with Crippen LogP contribution in [0.15, 0.2) is 22.7 Å². The summed E-state index contributed by atoms with van der Waals surface area (Å²) in [5.74, 6) is 0.283. The Morgan fingerprint density at radius 1 is 1.39 bits per heavy atom. The minimum atomic E-state index is 0.0228. The van der Waals surface area contributed by atoms with E-state index in [1.807, 2.05) is 6.07 Å². The van der Waals surface area contributed by atoms with Crippen molar-refractivity contribution < 1.29 is 4.79 Å². The molecule has 3 aliphatic rings. The highest BCUT2D eigenvalue weighted by atomic mass is 79.9. The van der Waals surface area contributed by atoms with Crippen LogP contribution in [0.1, 0.15) is 24.8 Å². The van der Waals surface area contributed by atoms with E-state index in [-0.39, 0.29) is 22.7 Å². The molecule has 1 aromatic carbocycles. The van der Waals surface area contributed by atoms with Gasteiger partial charge < -0.3 is 4.90 Å². The maximum Gasteiger partial charge on any atom is 0.232 e. The first-order chi connectivity index (χ1) is 8.61. The summed E-state index contributed by atoms with van der Waals surface area (Å²) in [5, 5.41) is 0.0470. The van der Waals surface area contributed by atoms with E-state index < -0.39 is 0 Å². The lowest BCUT2D eigenvalue weighted by Gasteiger charge is -2.44. The third-order valence-electron chi connectivity index (χ3n) is 4.77. The van der Waals surface area contributed by atoms with Gasteiger partial charge in [0.2, 0.25) is 5.91 Å². The molecule has 4 heteroatoms. The molecule has 2 nitrogen and oxygen atoms in total. The normalized spacial score (nSPS) is 36.8. The number of fused-ring (bicyclic) bond motifs is 3. The molecule has 2 fully saturated rings. The van der Waals surface area contributed by atoms with Gasteiger partial charge in [0.15, 0.2) is 0 Å². The lowest BCUT2D eigenvalue weighted by Crippen LogP contribution is -2.52. The summed E-state index contributed by atoms with van der Waals surface area (Å²) in [7, 11) is 0. The summed E-state index contributed by atoms with van der Waals surface area (Å²) in [6, 6.07) is 6.23. The van der Waals surface area contributed by atoms with Gasteiger partial charge in [-0.3, -0.25) is 4.79 Å². The van der Waals surface area contributed by atoms with E-state index >= 15 is 0 Å². The molecule has 3 atom stereocenters. The van der Waals surface area contributed by atoms with Crippen molar-refractivity contribution in [2.45, 2.75) is 36.6 Å². The molecule has 0 N–H and O–H groups in total. The molecular formula is C14H13BrClNO. The number of benzene rings is 1. The molecule has 1 aliphatic carbocycles. The van der Waals surface area contributed by atoms with Crippen molar-refractivity contribution in [2.24, 2.45) is 5.92 Å². The number of hydrogen-bond acceptors (Lipinski definition) is 1. The van der Waals surface area contributed by atoms with Crippen LogP contribution in [0.4, 0.5) is 5.69 Å². The van der Waals surface area contributed by atoms with Crippen LogP contribution in [-0.2, 0) is 11.2 Å². The van der Waals surface area contributed by atoms with Gasteiger partial charge in [-0.2, -0.15) is 0 Å². The van der Waals surface area contributed by atoms with Gasteiger partial charge in [0.1, 0.15) is 0 Å². The molecule has 18 heavy (non-hydrogen) atoms. The first kappa shape index (κ1) is 11.3. The van der Waals surface area contributed by atoms with Crippen LogP contribution in [-0.4, -0.2) is 16.8 Å². The van der Waals surface area contributed by atoms with Crippen molar-refractivity contribution in [1.82, 2.24) is 0 Å². The highest BCUT2D eigenvalue weighted by Gasteiger charge is 2.61. The Balaban J connectivity index is 1.87. The molecule has 2 aliphatic heterocycles. The molecule has 4 rings (SSSR count). The van der Waals surface area contributed by atoms with Gasteiger partial charge in [0.25, 0.3) is 0 Å². The van der Waals surface area contributed by atoms with Gasteiger partial charge in [0.05, 0.1) is 11.5 Å². The quantitative estimate of drug-likeness (QED) is 0.668. The number of rotatable bonds is 0. The fourth-order valence-electron chi connectivity index (χ4n) is 3.98. The summed E-state index contributed by atoms with van der Waals surface area (Å²) in [4.78, 5) is 14.5. The van der Waals surface area contributed by atoms with E-state index in [0.29, 0.717) is 0 Å². The number of nitrogens with zero attached hydrogens (tertiary/aromatic N) is 1. The van der Waals surface area contributed by atoms with Crippen molar-refractivity contribution in [2.75, 3.05) is 4.90 Å². The van der Waals surface area contributed by atoms with Crippen molar-refractivity contribution in [1.29, 1.82) is 0 Å². The van der Waals surface area contributed by atoms with E-state index in [2.05, 4.69) is 33.0 Å². The Morgan fingerprint density at radius 2 is 2.22 bits per heavy atom. The molecule has 1 spiro atoms. The van der Waals surface area contributed by atoms with Gasteiger partial charge in [0, 0.05) is 15.5 Å². The highest BCUT2D eigenvalue weighted by Crippen LogP contribution is 2.56. The fraction of sp³-hybridized carbons (Fsp3) is 0.500. The summed E-state index contributed by atoms with van der Waals surface area (Å²) in [6.45, 7) is 0. The van der Waals surface area contributed by atoms with E-state index in [0.717, 1.165) is 35.8 Å². The summed E-state index contributed by atoms with van der Waals surface area (Å²) in [6.07, 6.45) is 4.02. The molecule has 0 unspecified atom stereocenters. The van der Waals surface area contributed by atoms with Crippen molar-refractivity contribution in [3.8, 4) is 0 Å². The fourth-order valence-corrected chi connectivity index (χ4v) is 4.87. The van der Waals surface area contributed by atoms with Crippen LogP contribution in [0, 0.1) is 5.92 Å². The second-order valence-corrected chi connectivity index (χ2v) is 7.18. The minimum Gasteiger partial charge on any atom is -0.306 e. The van der Waals surface area contributed by atoms with Crippen LogP contribution in [0.3, 0.4) is 0 Å². The van der Waals surface area contributed by atoms with Gasteiger partial charge >= 0.3 is 0 Å². The van der Waals surface area contributed by atoms with Crippen LogP contribution >= 0.6 is 27.5 Å². The number of amides is 1. The minimum absolute atomic E-state index is 0.0228. The standard InChI is InChI=1S/C14H13BrClNO/c15-9-1-2-12-8(5-9)3-4-14-6-10(11(16)7-14)13(18)17(12)14/h1-2,5,10-11H,3-4,6-7H2/t10-,11+,14+/m1/s1. The predicted octanol–water partition coefficient (Wildman–Crippen LogP) is 3.50. The van der Waals surface area contributed by atoms with Gasteiger partial charge in [-0.15, -0.1) is 11.6 Å². The molecule has 2 heterocycles. The molecule has 0 radical (unpaired) electrons. The first-order valence-electron chi connectivity index (χ1n) is 6.37. The highest BCUT2D eigenvalue weighted by molar-refractivity contribution is 9.10. The Morgan fingerprint density at radius 3 is 3.06 bits per heavy atom. The summed E-state index contributed by atoms with van der Waals surface area (Å²) >= 11 is 9.82. The van der Waals surface area contributed by atoms with E-state index in [9.17, 15) is 4.79 Å². The lowest BCUT2D eigenvalue weighted by atomic mass is 9.84. The molecule has 0 aromatic heterocycles. The largest absolute Gasteiger partial charge is 0.306 e. The Bertz CT molecular complexity index is 561. The molecular weight excluding hydrogens is 314 g/mol. The third-order valence-corrected chi connectivity index (χ3v) is 5.72. The first-order valence-corrected chi connectivity index (χ1v) is 7.60. The zero-order chi connectivity index (χ0) is 12.5. The van der Waals surface area contributed by atoms with Crippen LogP contribution in [0.25, 0.3) is 0 Å². The zero-order valence-corrected chi connectivity index (χ0v) is 12.2. The number of hydrogen-bond donors (Lipinski definition) is 0. The van der Waals surface area contributed by atoms with Crippen LogP contribution in [0.2, 0.25) is 0 Å². The van der Waals surface area contributed by atoms with E-state index in [1.54, 1.807) is 0 Å². The van der Waals surface area contributed by atoms with Crippen LogP contribution in [0.5, 0.6) is 0 Å². The Kier molecular flexibility index (Phi) is 2.21. The Labute approximate surface area is 119 Å². The molecule has 94 valence electrons. The van der Waals surface area contributed by atoms with Crippen molar-refractivity contribution in [3.05, 3.63) is 28.2 Å². The number of carbonyl (C=O) groups is 1. The second kappa shape index (κ2) is 3.51. The summed E-state index contributed by atoms with van der Waals surface area (Å²) in [5.41, 5.74) is 2.41. The number of carbonyl (C=O) groups excluding carboxylic acids is 1. The van der Waals surface area contributed by atoms with Crippen molar-refractivity contribution >= 4 is 39.1 Å². The molecule has 1 amide bonds. The maximum absolute atomic E-state index is 12.5. The number of aryl methyl sites for hydroxylation is 1. The van der Waals surface area contributed by atoms with E-state index in [1.165, 1.54) is 5.56 Å². The third kappa shape index (κ3) is 1.27. The second-order valence-electron chi connectivity index (χ2n) is 5.70. The van der Waals surface area contributed by atoms with Gasteiger partial charge in [-0.1, -0.05) is 15.9 Å². The average molecular weight is 327 g/mol.